The van der Waals surface area contributed by atoms with Crippen molar-refractivity contribution in [2.24, 2.45) is 7.05 Å². The van der Waals surface area contributed by atoms with Gasteiger partial charge in [0.2, 0.25) is 0 Å². The molecule has 0 aliphatic heterocycles. The molecule has 1 amide bonds. The number of carbonyl (C=O) groups is 1. The van der Waals surface area contributed by atoms with Crippen molar-refractivity contribution in [3.63, 3.8) is 0 Å². The summed E-state index contributed by atoms with van der Waals surface area (Å²) in [4.78, 5) is 15.7. The smallest absolute Gasteiger partial charge is 0.259 e. The van der Waals surface area contributed by atoms with Gasteiger partial charge in [0.25, 0.3) is 5.91 Å². The Kier molecular flexibility index (Phi) is 2.78. The largest absolute Gasteiger partial charge is 0.399 e. The summed E-state index contributed by atoms with van der Waals surface area (Å²) >= 11 is 0. The Balaban J connectivity index is 2.22. The molecule has 2 rings (SSSR count). The van der Waals surface area contributed by atoms with Crippen LogP contribution in [0.1, 0.15) is 10.4 Å². The molecule has 0 radical (unpaired) electrons. The monoisotopic (exact) mass is 234 g/mol. The number of carbonyl (C=O) groups excluding carboxylic acids is 1. The number of hydrogen-bond acceptors (Lipinski definition) is 3. The van der Waals surface area contributed by atoms with Gasteiger partial charge < -0.3 is 15.6 Å². The van der Waals surface area contributed by atoms with Crippen LogP contribution in [0.5, 0.6) is 0 Å². The predicted molar refractivity (Wildman–Crippen MR) is 62.0 cm³/mol. The maximum atomic E-state index is 13.4. The third-order valence-corrected chi connectivity index (χ3v) is 2.18. The van der Waals surface area contributed by atoms with Gasteiger partial charge in [-0.05, 0) is 18.2 Å². The van der Waals surface area contributed by atoms with Crippen molar-refractivity contribution < 1.29 is 9.18 Å². The van der Waals surface area contributed by atoms with Gasteiger partial charge in [-0.3, -0.25) is 4.79 Å². The Bertz CT molecular complexity index is 564. The van der Waals surface area contributed by atoms with E-state index >= 15 is 0 Å². The summed E-state index contributed by atoms with van der Waals surface area (Å²) in [5.74, 6) is -0.833. The van der Waals surface area contributed by atoms with Gasteiger partial charge in [0.05, 0.1) is 11.9 Å². The molecule has 0 spiro atoms. The molecule has 1 aromatic carbocycles. The van der Waals surface area contributed by atoms with Gasteiger partial charge in [-0.15, -0.1) is 0 Å². The van der Waals surface area contributed by atoms with Crippen LogP contribution >= 0.6 is 0 Å². The van der Waals surface area contributed by atoms with Gasteiger partial charge in [-0.2, -0.15) is 0 Å². The molecule has 0 fully saturated rings. The number of benzene rings is 1. The molecule has 0 saturated carbocycles. The second-order valence-electron chi connectivity index (χ2n) is 3.62. The Morgan fingerprint density at radius 2 is 2.29 bits per heavy atom. The van der Waals surface area contributed by atoms with E-state index in [0.29, 0.717) is 11.5 Å². The normalized spacial score (nSPS) is 10.2. The first-order valence-corrected chi connectivity index (χ1v) is 4.90. The quantitative estimate of drug-likeness (QED) is 0.771. The Morgan fingerprint density at radius 1 is 1.53 bits per heavy atom. The Labute approximate surface area is 97.1 Å². The van der Waals surface area contributed by atoms with Crippen LogP contribution in [0, 0.1) is 5.82 Å². The molecule has 1 aromatic heterocycles. The molecule has 2 aromatic rings. The van der Waals surface area contributed by atoms with E-state index in [-0.39, 0.29) is 5.56 Å². The molecule has 6 heteroatoms. The topological polar surface area (TPSA) is 72.9 Å². The summed E-state index contributed by atoms with van der Waals surface area (Å²) in [6, 6.07) is 3.84. The highest BCUT2D eigenvalue weighted by atomic mass is 19.1. The van der Waals surface area contributed by atoms with E-state index in [0.717, 1.165) is 6.07 Å². The number of imidazole rings is 1. The number of nitrogens with one attached hydrogen (secondary N) is 1. The highest BCUT2D eigenvalue weighted by Crippen LogP contribution is 2.13. The van der Waals surface area contributed by atoms with E-state index in [2.05, 4.69) is 10.3 Å². The number of hydrogen-bond donors (Lipinski definition) is 2. The number of nitrogen functional groups attached to an aromatic ring is 1. The SMILES string of the molecule is Cn1cnc(NC(=O)c2cc(N)ccc2F)c1. The average molecular weight is 234 g/mol. The van der Waals surface area contributed by atoms with E-state index in [1.54, 1.807) is 17.8 Å². The first kappa shape index (κ1) is 11.1. The van der Waals surface area contributed by atoms with E-state index in [1.165, 1.54) is 18.5 Å². The van der Waals surface area contributed by atoms with Gasteiger partial charge in [0, 0.05) is 18.9 Å². The van der Waals surface area contributed by atoms with Crippen LogP contribution in [0.4, 0.5) is 15.9 Å². The van der Waals surface area contributed by atoms with E-state index in [4.69, 9.17) is 5.73 Å². The average Bonchev–Trinajstić information content (AvgIpc) is 2.67. The van der Waals surface area contributed by atoms with Gasteiger partial charge in [-0.25, -0.2) is 9.37 Å². The van der Waals surface area contributed by atoms with Gasteiger partial charge in [0.15, 0.2) is 5.82 Å². The van der Waals surface area contributed by atoms with Crippen molar-refractivity contribution in [1.82, 2.24) is 9.55 Å². The zero-order valence-corrected chi connectivity index (χ0v) is 9.14. The first-order valence-electron chi connectivity index (χ1n) is 4.90. The summed E-state index contributed by atoms with van der Waals surface area (Å²) in [6.45, 7) is 0. The van der Waals surface area contributed by atoms with Crippen molar-refractivity contribution in [2.75, 3.05) is 11.1 Å². The minimum absolute atomic E-state index is 0.101. The van der Waals surface area contributed by atoms with E-state index in [1.807, 2.05) is 0 Å². The molecule has 0 aliphatic carbocycles. The van der Waals surface area contributed by atoms with Gasteiger partial charge >= 0.3 is 0 Å². The number of rotatable bonds is 2. The number of nitrogens with zero attached hydrogens (tertiary/aromatic N) is 2. The molecule has 0 unspecified atom stereocenters. The zero-order valence-electron chi connectivity index (χ0n) is 9.14. The van der Waals surface area contributed by atoms with Crippen LogP contribution in [0.25, 0.3) is 0 Å². The number of nitrogens with two attached hydrogens (primary N) is 1. The molecule has 17 heavy (non-hydrogen) atoms. The van der Waals surface area contributed by atoms with Crippen LogP contribution in [-0.4, -0.2) is 15.5 Å². The Hall–Kier alpha value is -2.37. The van der Waals surface area contributed by atoms with Gasteiger partial charge in [-0.1, -0.05) is 0 Å². The summed E-state index contributed by atoms with van der Waals surface area (Å²) in [6.07, 6.45) is 3.15. The summed E-state index contributed by atoms with van der Waals surface area (Å²) in [5, 5.41) is 2.48. The third-order valence-electron chi connectivity index (χ3n) is 2.18. The molecule has 0 bridgehead atoms. The fraction of sp³-hybridized carbons (Fsp3) is 0.0909. The number of anilines is 2. The second kappa shape index (κ2) is 4.25. The molecule has 0 atom stereocenters. The molecule has 0 aliphatic rings. The highest BCUT2D eigenvalue weighted by Gasteiger charge is 2.13. The number of aryl methyl sites for hydroxylation is 1. The van der Waals surface area contributed by atoms with E-state index in [9.17, 15) is 9.18 Å². The lowest BCUT2D eigenvalue weighted by Gasteiger charge is -2.04. The van der Waals surface area contributed by atoms with Crippen molar-refractivity contribution in [3.8, 4) is 0 Å². The summed E-state index contributed by atoms with van der Waals surface area (Å²) < 4.78 is 15.1. The van der Waals surface area contributed by atoms with Gasteiger partial charge in [0.1, 0.15) is 5.82 Å². The number of halogens is 1. The van der Waals surface area contributed by atoms with Crippen molar-refractivity contribution >= 4 is 17.4 Å². The number of aromatic nitrogens is 2. The first-order chi connectivity index (χ1) is 8.06. The van der Waals surface area contributed by atoms with Crippen LogP contribution in [0.3, 0.4) is 0 Å². The standard InChI is InChI=1S/C11H11FN4O/c1-16-5-10(14-6-16)15-11(17)8-4-7(13)2-3-9(8)12/h2-6H,13H2,1H3,(H,15,17). The lowest BCUT2D eigenvalue weighted by Crippen LogP contribution is -2.14. The summed E-state index contributed by atoms with van der Waals surface area (Å²) in [7, 11) is 1.77. The molecular weight excluding hydrogens is 223 g/mol. The maximum absolute atomic E-state index is 13.4. The lowest BCUT2D eigenvalue weighted by atomic mass is 10.2. The van der Waals surface area contributed by atoms with Crippen LogP contribution in [-0.2, 0) is 7.05 Å². The fourth-order valence-corrected chi connectivity index (χ4v) is 1.38. The minimum Gasteiger partial charge on any atom is -0.399 e. The molecular formula is C11H11FN4O. The van der Waals surface area contributed by atoms with Crippen molar-refractivity contribution in [1.29, 1.82) is 0 Å². The minimum atomic E-state index is -0.618. The molecule has 88 valence electrons. The predicted octanol–water partition coefficient (Wildman–Crippen LogP) is 1.39. The molecule has 0 saturated heterocycles. The number of amides is 1. The van der Waals surface area contributed by atoms with Crippen molar-refractivity contribution in [3.05, 3.63) is 42.1 Å². The Morgan fingerprint density at radius 3 is 2.94 bits per heavy atom. The molecule has 3 N–H and O–H groups in total. The second-order valence-corrected chi connectivity index (χ2v) is 3.62. The zero-order chi connectivity index (χ0) is 12.4. The highest BCUT2D eigenvalue weighted by molar-refractivity contribution is 6.04. The van der Waals surface area contributed by atoms with Crippen molar-refractivity contribution in [2.45, 2.75) is 0 Å². The maximum Gasteiger partial charge on any atom is 0.259 e. The van der Waals surface area contributed by atoms with Crippen LogP contribution in [0.15, 0.2) is 30.7 Å². The molecule has 1 heterocycles. The summed E-state index contributed by atoms with van der Waals surface area (Å²) in [5.41, 5.74) is 5.73. The van der Waals surface area contributed by atoms with Crippen LogP contribution < -0.4 is 11.1 Å². The van der Waals surface area contributed by atoms with E-state index < -0.39 is 11.7 Å². The lowest BCUT2D eigenvalue weighted by molar-refractivity contribution is 0.102. The fourth-order valence-electron chi connectivity index (χ4n) is 1.38. The van der Waals surface area contributed by atoms with Crippen LogP contribution in [0.2, 0.25) is 0 Å². The molecule has 5 nitrogen and oxygen atoms in total. The third kappa shape index (κ3) is 2.41.